The molecule has 0 unspecified atom stereocenters. The van der Waals surface area contributed by atoms with Crippen molar-refractivity contribution in [2.24, 2.45) is 10.1 Å². The van der Waals surface area contributed by atoms with E-state index in [1.54, 1.807) is 11.3 Å². The first kappa shape index (κ1) is 18.8. The molecule has 0 aliphatic rings. The molecule has 0 aliphatic heterocycles. The van der Waals surface area contributed by atoms with Crippen LogP contribution in [0, 0.1) is 25.2 Å². The zero-order valence-corrected chi connectivity index (χ0v) is 16.8. The fourth-order valence-electron chi connectivity index (χ4n) is 2.73. The Morgan fingerprint density at radius 2 is 1.85 bits per heavy atom. The van der Waals surface area contributed by atoms with Gasteiger partial charge in [-0.1, -0.05) is 24.3 Å². The lowest BCUT2D eigenvalue weighted by Gasteiger charge is -2.08. The van der Waals surface area contributed by atoms with Gasteiger partial charge in [0.25, 0.3) is 0 Å². The van der Waals surface area contributed by atoms with Gasteiger partial charge in [-0.3, -0.25) is 4.99 Å². The first-order valence-electron chi connectivity index (χ1n) is 8.88. The van der Waals surface area contributed by atoms with E-state index in [2.05, 4.69) is 48.5 Å². The van der Waals surface area contributed by atoms with Crippen LogP contribution in [-0.2, 0) is 0 Å². The molecule has 136 valence electrons. The molecule has 0 fully saturated rings. The molecule has 0 atom stereocenters. The third-order valence-corrected chi connectivity index (χ3v) is 5.32. The molecule has 0 N–H and O–H groups in total. The van der Waals surface area contributed by atoms with Crippen LogP contribution in [-0.4, -0.2) is 16.9 Å². The van der Waals surface area contributed by atoms with Gasteiger partial charge in [-0.25, -0.2) is 4.68 Å². The lowest BCUT2D eigenvalue weighted by Crippen LogP contribution is -2.14. The molecule has 0 saturated heterocycles. The molecular formula is C22H22N4S. The number of thiazole rings is 1. The van der Waals surface area contributed by atoms with Crippen LogP contribution in [0.2, 0.25) is 0 Å². The third-order valence-electron chi connectivity index (χ3n) is 4.46. The fraction of sp³-hybridized carbons (Fsp3) is 0.227. The third kappa shape index (κ3) is 4.07. The summed E-state index contributed by atoms with van der Waals surface area (Å²) in [6, 6.07) is 16.1. The average Bonchev–Trinajstić information content (AvgIpc) is 3.06. The van der Waals surface area contributed by atoms with Crippen LogP contribution in [0.25, 0.3) is 11.3 Å². The highest BCUT2D eigenvalue weighted by atomic mass is 32.1. The van der Waals surface area contributed by atoms with Crippen LogP contribution < -0.4 is 4.80 Å². The van der Waals surface area contributed by atoms with Gasteiger partial charge in [-0.2, -0.15) is 10.4 Å². The topological polar surface area (TPSA) is 53.4 Å². The second kappa shape index (κ2) is 8.15. The molecule has 0 amide bonds. The lowest BCUT2D eigenvalue weighted by atomic mass is 10.1. The summed E-state index contributed by atoms with van der Waals surface area (Å²) in [6.07, 6.45) is 0. The van der Waals surface area contributed by atoms with Crippen molar-refractivity contribution in [2.75, 3.05) is 6.54 Å². The van der Waals surface area contributed by atoms with Gasteiger partial charge in [0, 0.05) is 17.5 Å². The van der Waals surface area contributed by atoms with Crippen LogP contribution in [0.3, 0.4) is 0 Å². The summed E-state index contributed by atoms with van der Waals surface area (Å²) in [4.78, 5) is 5.47. The van der Waals surface area contributed by atoms with Gasteiger partial charge in [0.2, 0.25) is 4.80 Å². The van der Waals surface area contributed by atoms with Gasteiger partial charge in [0.15, 0.2) is 0 Å². The Balaban J connectivity index is 2.12. The summed E-state index contributed by atoms with van der Waals surface area (Å²) in [7, 11) is 0. The molecular weight excluding hydrogens is 352 g/mol. The van der Waals surface area contributed by atoms with E-state index in [1.807, 2.05) is 42.8 Å². The van der Waals surface area contributed by atoms with E-state index >= 15 is 0 Å². The van der Waals surface area contributed by atoms with Crippen LogP contribution >= 0.6 is 11.3 Å². The molecule has 3 aromatic rings. The standard InChI is InChI=1S/C22H22N4S/c1-5-24-22-26(25-17(4)19-10-7-18(13-23)8-11-19)21(14-27-22)20-9-6-15(2)16(3)12-20/h6-12,14H,5H2,1-4H3. The molecule has 0 saturated carbocycles. The quantitative estimate of drug-likeness (QED) is 0.599. The Morgan fingerprint density at radius 1 is 1.11 bits per heavy atom. The van der Waals surface area contributed by atoms with Gasteiger partial charge in [0.1, 0.15) is 0 Å². The van der Waals surface area contributed by atoms with Crippen molar-refractivity contribution in [1.29, 1.82) is 5.26 Å². The van der Waals surface area contributed by atoms with E-state index < -0.39 is 0 Å². The van der Waals surface area contributed by atoms with Crippen molar-refractivity contribution < 1.29 is 0 Å². The molecule has 2 aromatic carbocycles. The molecule has 27 heavy (non-hydrogen) atoms. The first-order chi connectivity index (χ1) is 13.0. The minimum absolute atomic E-state index is 0.646. The summed E-state index contributed by atoms with van der Waals surface area (Å²) >= 11 is 1.60. The Hall–Kier alpha value is -2.97. The second-order valence-electron chi connectivity index (χ2n) is 6.36. The van der Waals surface area contributed by atoms with Crippen molar-refractivity contribution in [3.05, 3.63) is 74.9 Å². The SMILES string of the molecule is CCN=c1scc(-c2ccc(C)c(C)c2)n1N=C(C)c1ccc(C#N)cc1. The zero-order chi connectivity index (χ0) is 19.4. The van der Waals surface area contributed by atoms with E-state index in [1.165, 1.54) is 11.1 Å². The Labute approximate surface area is 163 Å². The average molecular weight is 375 g/mol. The van der Waals surface area contributed by atoms with E-state index in [9.17, 15) is 0 Å². The predicted octanol–water partition coefficient (Wildman–Crippen LogP) is 4.90. The molecule has 4 nitrogen and oxygen atoms in total. The first-order valence-corrected chi connectivity index (χ1v) is 9.76. The van der Waals surface area contributed by atoms with Crippen LogP contribution in [0.15, 0.2) is 57.9 Å². The van der Waals surface area contributed by atoms with Gasteiger partial charge in [-0.15, -0.1) is 11.3 Å². The normalized spacial score (nSPS) is 12.3. The maximum Gasteiger partial charge on any atom is 0.206 e. The molecule has 1 aromatic heterocycles. The molecule has 0 aliphatic carbocycles. The molecule has 5 heteroatoms. The Bertz CT molecular complexity index is 1090. The number of aryl methyl sites for hydroxylation is 2. The summed E-state index contributed by atoms with van der Waals surface area (Å²) in [5, 5.41) is 15.9. The van der Waals surface area contributed by atoms with Crippen LogP contribution in [0.5, 0.6) is 0 Å². The summed E-state index contributed by atoms with van der Waals surface area (Å²) in [5.74, 6) is 0. The summed E-state index contributed by atoms with van der Waals surface area (Å²) < 4.78 is 1.92. The van der Waals surface area contributed by atoms with Crippen molar-refractivity contribution in [3.8, 4) is 17.3 Å². The molecule has 0 radical (unpaired) electrons. The van der Waals surface area contributed by atoms with E-state index in [0.29, 0.717) is 12.1 Å². The van der Waals surface area contributed by atoms with Gasteiger partial charge >= 0.3 is 0 Å². The number of nitrogens with zero attached hydrogens (tertiary/aromatic N) is 4. The van der Waals surface area contributed by atoms with Gasteiger partial charge < -0.3 is 0 Å². The van der Waals surface area contributed by atoms with E-state index in [0.717, 1.165) is 27.3 Å². The zero-order valence-electron chi connectivity index (χ0n) is 16.0. The van der Waals surface area contributed by atoms with Crippen molar-refractivity contribution in [1.82, 2.24) is 4.68 Å². The molecule has 0 bridgehead atoms. The van der Waals surface area contributed by atoms with E-state index in [4.69, 9.17) is 10.4 Å². The molecule has 0 spiro atoms. The minimum atomic E-state index is 0.646. The smallest absolute Gasteiger partial charge is 0.206 e. The summed E-state index contributed by atoms with van der Waals surface area (Å²) in [6.45, 7) is 8.95. The maximum absolute atomic E-state index is 8.98. The predicted molar refractivity (Wildman–Crippen MR) is 112 cm³/mol. The highest BCUT2D eigenvalue weighted by Gasteiger charge is 2.09. The second-order valence-corrected chi connectivity index (χ2v) is 7.20. The highest BCUT2D eigenvalue weighted by Crippen LogP contribution is 2.23. The highest BCUT2D eigenvalue weighted by molar-refractivity contribution is 7.07. The largest absolute Gasteiger partial charge is 0.258 e. The number of hydrogen-bond donors (Lipinski definition) is 0. The number of hydrogen-bond acceptors (Lipinski definition) is 4. The number of rotatable bonds is 4. The van der Waals surface area contributed by atoms with Gasteiger partial charge in [-0.05, 0) is 62.6 Å². The van der Waals surface area contributed by atoms with E-state index in [-0.39, 0.29) is 0 Å². The monoisotopic (exact) mass is 374 g/mol. The Morgan fingerprint density at radius 3 is 2.48 bits per heavy atom. The number of benzene rings is 2. The van der Waals surface area contributed by atoms with Gasteiger partial charge in [0.05, 0.1) is 23.0 Å². The van der Waals surface area contributed by atoms with Crippen LogP contribution in [0.1, 0.15) is 36.1 Å². The maximum atomic E-state index is 8.98. The van der Waals surface area contributed by atoms with Crippen molar-refractivity contribution in [2.45, 2.75) is 27.7 Å². The summed E-state index contributed by atoms with van der Waals surface area (Å²) in [5.41, 5.74) is 7.20. The fourth-order valence-corrected chi connectivity index (χ4v) is 3.63. The van der Waals surface area contributed by atoms with Crippen LogP contribution in [0.4, 0.5) is 0 Å². The Kier molecular flexibility index (Phi) is 5.68. The lowest BCUT2D eigenvalue weighted by molar-refractivity contribution is 0.827. The number of aromatic nitrogens is 1. The van der Waals surface area contributed by atoms with Crippen molar-refractivity contribution in [3.63, 3.8) is 0 Å². The minimum Gasteiger partial charge on any atom is -0.258 e. The molecule has 3 rings (SSSR count). The number of nitriles is 1. The van der Waals surface area contributed by atoms with Crippen molar-refractivity contribution >= 4 is 17.0 Å². The molecule has 1 heterocycles.